The van der Waals surface area contributed by atoms with Crippen LogP contribution in [0.25, 0.3) is 10.8 Å². The maximum Gasteiger partial charge on any atom is 0.202 e. The number of aromatic hydroxyl groups is 2. The van der Waals surface area contributed by atoms with E-state index in [0.717, 1.165) is 0 Å². The van der Waals surface area contributed by atoms with Crippen LogP contribution in [0.4, 0.5) is 0 Å². The molecule has 4 heterocycles. The summed E-state index contributed by atoms with van der Waals surface area (Å²) in [6.07, 6.45) is -22.9. The molecule has 4 saturated heterocycles. The van der Waals surface area contributed by atoms with Gasteiger partial charge in [0.1, 0.15) is 60.0 Å². The molecule has 21 nitrogen and oxygen atoms in total. The highest BCUT2D eigenvalue weighted by Crippen LogP contribution is 2.47. The third-order valence-electron chi connectivity index (χ3n) is 13.9. The van der Waals surface area contributed by atoms with Gasteiger partial charge >= 0.3 is 0 Å². The number of benzene rings is 2. The summed E-state index contributed by atoms with van der Waals surface area (Å²) in [7, 11) is 1.19. The zero-order chi connectivity index (χ0) is 49.1. The summed E-state index contributed by atoms with van der Waals surface area (Å²) in [5, 5.41) is 108. The monoisotopic (exact) mass is 954 g/mol. The smallest absolute Gasteiger partial charge is 0.202 e. The summed E-state index contributed by atoms with van der Waals surface area (Å²) in [6, 6.07) is 3.02. The van der Waals surface area contributed by atoms with Gasteiger partial charge in [-0.3, -0.25) is 9.59 Å². The lowest BCUT2D eigenvalue weighted by atomic mass is 9.75. The molecule has 5 aliphatic rings. The highest BCUT2D eigenvalue weighted by atomic mass is 16.7. The molecule has 2 aromatic carbocycles. The molecule has 21 heteroatoms. The maximum absolute atomic E-state index is 14.9. The number of hydrogen-bond acceptors (Lipinski definition) is 21. The van der Waals surface area contributed by atoms with Gasteiger partial charge in [-0.15, -0.1) is 0 Å². The van der Waals surface area contributed by atoms with Crippen molar-refractivity contribution in [2.24, 2.45) is 5.92 Å². The van der Waals surface area contributed by atoms with Crippen molar-refractivity contribution in [1.82, 2.24) is 0 Å². The Labute approximate surface area is 387 Å². The van der Waals surface area contributed by atoms with E-state index in [2.05, 4.69) is 0 Å². The van der Waals surface area contributed by atoms with Gasteiger partial charge in [0.2, 0.25) is 6.29 Å². The summed E-state index contributed by atoms with van der Waals surface area (Å²) in [6.45, 7) is 10.5. The third kappa shape index (κ3) is 10.3. The van der Waals surface area contributed by atoms with E-state index in [4.69, 9.17) is 42.6 Å². The highest BCUT2D eigenvalue weighted by molar-refractivity contribution is 6.11. The van der Waals surface area contributed by atoms with E-state index >= 15 is 0 Å². The molecule has 4 fully saturated rings. The molecule has 0 saturated carbocycles. The van der Waals surface area contributed by atoms with E-state index in [1.54, 1.807) is 27.7 Å². The van der Waals surface area contributed by atoms with Crippen LogP contribution in [0.3, 0.4) is 0 Å². The zero-order valence-corrected chi connectivity index (χ0v) is 38.7. The summed E-state index contributed by atoms with van der Waals surface area (Å²) < 4.78 is 54.0. The molecule has 67 heavy (non-hydrogen) atoms. The second kappa shape index (κ2) is 20.3. The number of Topliss-reactive ketones (excluding diaryl/α,β-unsaturated/α-hetero) is 2. The Balaban J connectivity index is 1.16. The molecule has 4 aliphatic heterocycles. The minimum atomic E-state index is -1.92. The number of ketones is 2. The first-order valence-corrected chi connectivity index (χ1v) is 22.8. The van der Waals surface area contributed by atoms with Gasteiger partial charge in [0.25, 0.3) is 0 Å². The summed E-state index contributed by atoms with van der Waals surface area (Å²) in [5.41, 5.74) is -1.40. The molecule has 4 unspecified atom stereocenters. The number of aliphatic hydroxyl groups is 8. The van der Waals surface area contributed by atoms with Crippen molar-refractivity contribution < 1.29 is 103 Å². The lowest BCUT2D eigenvalue weighted by molar-refractivity contribution is -0.334. The maximum atomic E-state index is 14.9. The number of ether oxygens (including phenoxy) is 9. The molecule has 1 aliphatic carbocycles. The van der Waals surface area contributed by atoms with Crippen LogP contribution in [0.15, 0.2) is 12.1 Å². The fourth-order valence-corrected chi connectivity index (χ4v) is 9.92. The van der Waals surface area contributed by atoms with E-state index in [1.807, 2.05) is 0 Å². The molecule has 0 radical (unpaired) electrons. The number of carbonyl (C=O) groups is 2. The predicted octanol–water partition coefficient (Wildman–Crippen LogP) is -0.130. The second-order valence-corrected chi connectivity index (χ2v) is 19.0. The number of phenolic OH excluding ortho intramolecular Hbond substituents is 2. The fraction of sp³-hybridized carbons (Fsp3) is 0.739. The topological polar surface area (TPSA) is 320 Å². The molecule has 0 aromatic heterocycles. The molecule has 2 aromatic rings. The Morgan fingerprint density at radius 1 is 0.776 bits per heavy atom. The van der Waals surface area contributed by atoms with Gasteiger partial charge < -0.3 is 93.7 Å². The Bertz CT molecular complexity index is 2090. The number of methoxy groups -OCH3 is 1. The largest absolute Gasteiger partial charge is 0.507 e. The Hall–Kier alpha value is -3.20. The van der Waals surface area contributed by atoms with Gasteiger partial charge in [-0.1, -0.05) is 0 Å². The molecule has 10 N–H and O–H groups in total. The molecule has 7 rings (SSSR count). The van der Waals surface area contributed by atoms with Crippen molar-refractivity contribution >= 4 is 22.3 Å². The number of carbonyl (C=O) groups excluding carboxylic acids is 2. The van der Waals surface area contributed by atoms with Crippen molar-refractivity contribution in [2.45, 2.75) is 203 Å². The first-order valence-electron chi connectivity index (χ1n) is 22.8. The van der Waals surface area contributed by atoms with Crippen molar-refractivity contribution in [3.05, 3.63) is 28.8 Å². The number of phenols is 2. The Morgan fingerprint density at radius 3 is 1.90 bits per heavy atom. The van der Waals surface area contributed by atoms with Crippen LogP contribution in [0, 0.1) is 12.8 Å². The highest BCUT2D eigenvalue weighted by Gasteiger charge is 2.51. The van der Waals surface area contributed by atoms with Crippen molar-refractivity contribution in [2.75, 3.05) is 7.11 Å². The quantitative estimate of drug-likeness (QED) is 0.125. The van der Waals surface area contributed by atoms with E-state index < -0.39 is 151 Å². The SMILES string of the molecule is CO[C@H](C(=O)[C@@H](O)[C@@H](C)O)[C@@H]1Cc2cc3cc(O[C@H]4C[C@@H](O)[C@H](O)C(C)O4)c(C)c(O)c3c(O)c2C(=O)[C@H]1O[C@H]1C[C@@H](O[C@H]2C[C@@H](O[C@H]3C[C@](C)(O)[C@H](O)C(C)O3)[C@@H](O)C(C)O2)[C@H](O)C(C)O1. The molecule has 376 valence electrons. The van der Waals surface area contributed by atoms with Gasteiger partial charge in [-0.25, -0.2) is 0 Å². The summed E-state index contributed by atoms with van der Waals surface area (Å²) in [5.74, 6) is -3.94. The average Bonchev–Trinajstić information content (AvgIpc) is 3.25. The number of fused-ring (bicyclic) bond motifs is 2. The first kappa shape index (κ1) is 51.6. The van der Waals surface area contributed by atoms with Crippen LogP contribution in [0.2, 0.25) is 0 Å². The van der Waals surface area contributed by atoms with Crippen molar-refractivity contribution in [1.29, 1.82) is 0 Å². The summed E-state index contributed by atoms with van der Waals surface area (Å²) >= 11 is 0. The van der Waals surface area contributed by atoms with Crippen LogP contribution in [0.5, 0.6) is 17.2 Å². The minimum absolute atomic E-state index is 0.0500. The van der Waals surface area contributed by atoms with E-state index in [1.165, 1.54) is 40.0 Å². The van der Waals surface area contributed by atoms with Crippen LogP contribution in [-0.4, -0.2) is 192 Å². The van der Waals surface area contributed by atoms with Crippen molar-refractivity contribution in [3.8, 4) is 17.2 Å². The van der Waals surface area contributed by atoms with Crippen LogP contribution >= 0.6 is 0 Å². The van der Waals surface area contributed by atoms with Gasteiger partial charge in [-0.05, 0) is 78.0 Å². The average molecular weight is 955 g/mol. The molecule has 21 atom stereocenters. The van der Waals surface area contributed by atoms with Gasteiger partial charge in [0, 0.05) is 44.3 Å². The molecule has 0 bridgehead atoms. The van der Waals surface area contributed by atoms with Gasteiger partial charge in [0.15, 0.2) is 30.4 Å². The predicted molar refractivity (Wildman–Crippen MR) is 229 cm³/mol. The number of rotatable bonds is 13. The Morgan fingerprint density at radius 2 is 1.33 bits per heavy atom. The first-order chi connectivity index (χ1) is 31.4. The second-order valence-electron chi connectivity index (χ2n) is 19.0. The fourth-order valence-electron chi connectivity index (χ4n) is 9.92. The lowest BCUT2D eigenvalue weighted by Crippen LogP contribution is -2.58. The normalized spacial score (nSPS) is 40.8. The standard InChI is InChI=1S/C46H66O21/c1-16-26(64-29-12-25(48)37(51)18(3)60-29)11-23-9-22-10-24(43(59-8)42(56)36(50)17(2)47)44(41(55)34(22)40(54)33(23)35(16)49)67-31-14-27(38(52)20(5)62-31)65-30-13-28(39(53)19(4)61-30)66-32-15-46(7,58)45(57)21(6)63-32/h9,11,17-21,24-25,27-32,36-39,43-45,47-54,57-58H,10,12-15H2,1-8H3/t17-,18?,19?,20?,21?,24+,25-,27-,28-,29+,30+,31+,32+,36+,37-,38-,39+,43+,44+,45-,46+/m1/s1. The molecular weight excluding hydrogens is 888 g/mol. The minimum Gasteiger partial charge on any atom is -0.507 e. The zero-order valence-electron chi connectivity index (χ0n) is 38.7. The number of hydrogen-bond donors (Lipinski definition) is 10. The summed E-state index contributed by atoms with van der Waals surface area (Å²) in [4.78, 5) is 28.6. The molecule has 0 spiro atoms. The van der Waals surface area contributed by atoms with Gasteiger partial charge in [0.05, 0.1) is 65.4 Å². The van der Waals surface area contributed by atoms with E-state index in [9.17, 15) is 60.7 Å². The lowest BCUT2D eigenvalue weighted by Gasteiger charge is -2.46. The van der Waals surface area contributed by atoms with E-state index in [-0.39, 0.29) is 65.3 Å². The van der Waals surface area contributed by atoms with Crippen LogP contribution in [0.1, 0.15) is 88.7 Å². The van der Waals surface area contributed by atoms with Crippen molar-refractivity contribution in [3.63, 3.8) is 0 Å². The molecular formula is C46H66O21. The van der Waals surface area contributed by atoms with Crippen LogP contribution < -0.4 is 4.74 Å². The number of aliphatic hydroxyl groups excluding tert-OH is 7. The third-order valence-corrected chi connectivity index (χ3v) is 13.9. The molecule has 0 amide bonds. The Kier molecular flexibility index (Phi) is 15.6. The van der Waals surface area contributed by atoms with Gasteiger partial charge in [-0.2, -0.15) is 0 Å². The van der Waals surface area contributed by atoms with E-state index in [0.29, 0.717) is 0 Å². The van der Waals surface area contributed by atoms with Crippen LogP contribution in [-0.2, 0) is 49.1 Å².